The lowest BCUT2D eigenvalue weighted by atomic mass is 10.1. The van der Waals surface area contributed by atoms with Crippen molar-refractivity contribution in [3.05, 3.63) is 82.9 Å². The Morgan fingerprint density at radius 1 is 0.903 bits per heavy atom. The number of hydrogen-bond donors (Lipinski definition) is 1. The van der Waals surface area contributed by atoms with E-state index in [1.165, 1.54) is 18.2 Å². The highest BCUT2D eigenvalue weighted by Crippen LogP contribution is 2.13. The highest BCUT2D eigenvalue weighted by Gasteiger charge is 2.12. The van der Waals surface area contributed by atoms with Gasteiger partial charge in [0.25, 0.3) is 0 Å². The maximum atomic E-state index is 13.4. The van der Waals surface area contributed by atoms with Crippen molar-refractivity contribution in [2.75, 3.05) is 13.2 Å². The SMILES string of the molecule is C=CCc1ccc(C(=O)OCC)cc1F.CCOC(=O)c1ccc(CC(=O)O)c(F)c1. The number of hydrogen-bond acceptors (Lipinski definition) is 5. The molecule has 0 radical (unpaired) electrons. The average Bonchev–Trinajstić information content (AvgIpc) is 2.71. The van der Waals surface area contributed by atoms with E-state index in [4.69, 9.17) is 9.84 Å². The van der Waals surface area contributed by atoms with Gasteiger partial charge in [0.2, 0.25) is 0 Å². The monoisotopic (exact) mass is 434 g/mol. The number of carbonyl (C=O) groups is 3. The van der Waals surface area contributed by atoms with Crippen LogP contribution in [0.5, 0.6) is 0 Å². The molecule has 0 bridgehead atoms. The van der Waals surface area contributed by atoms with Crippen LogP contribution in [-0.4, -0.2) is 36.2 Å². The summed E-state index contributed by atoms with van der Waals surface area (Å²) >= 11 is 0. The third-order valence-corrected chi connectivity index (χ3v) is 3.83. The zero-order chi connectivity index (χ0) is 23.4. The Labute approximate surface area is 179 Å². The van der Waals surface area contributed by atoms with Crippen molar-refractivity contribution < 1.29 is 37.7 Å². The lowest BCUT2D eigenvalue weighted by molar-refractivity contribution is -0.136. The number of aliphatic carboxylic acids is 1. The van der Waals surface area contributed by atoms with E-state index >= 15 is 0 Å². The highest BCUT2D eigenvalue weighted by atomic mass is 19.1. The molecule has 0 atom stereocenters. The standard InChI is InChI=1S/C12H13FO2.C11H11FO4/c1-3-5-9-6-7-10(8-11(9)13)12(14)15-4-2;1-2-16-11(15)8-4-3-7(6-10(13)14)9(12)5-8/h3,6-8H,1,4-5H2,2H3;3-5H,2,6H2,1H3,(H,13,14). The molecule has 166 valence electrons. The van der Waals surface area contributed by atoms with E-state index in [2.05, 4.69) is 11.3 Å². The molecule has 0 unspecified atom stereocenters. The summed E-state index contributed by atoms with van der Waals surface area (Å²) < 4.78 is 36.2. The van der Waals surface area contributed by atoms with Gasteiger partial charge in [0.15, 0.2) is 0 Å². The predicted molar refractivity (Wildman–Crippen MR) is 110 cm³/mol. The molecule has 0 amide bonds. The molecule has 2 rings (SSSR count). The van der Waals surface area contributed by atoms with Gasteiger partial charge in [0.05, 0.1) is 30.8 Å². The van der Waals surface area contributed by atoms with Crippen LogP contribution in [0.2, 0.25) is 0 Å². The van der Waals surface area contributed by atoms with Crippen LogP contribution in [0.3, 0.4) is 0 Å². The van der Waals surface area contributed by atoms with Gasteiger partial charge in [0.1, 0.15) is 11.6 Å². The zero-order valence-electron chi connectivity index (χ0n) is 17.3. The maximum absolute atomic E-state index is 13.4. The first-order chi connectivity index (χ1) is 14.7. The van der Waals surface area contributed by atoms with Crippen LogP contribution < -0.4 is 0 Å². The lowest BCUT2D eigenvalue weighted by Crippen LogP contribution is -2.07. The molecule has 0 aliphatic heterocycles. The third kappa shape index (κ3) is 8.38. The van der Waals surface area contributed by atoms with Crippen LogP contribution in [0.25, 0.3) is 0 Å². The van der Waals surface area contributed by atoms with Gasteiger partial charge in [-0.15, -0.1) is 6.58 Å². The van der Waals surface area contributed by atoms with Crippen molar-refractivity contribution in [1.82, 2.24) is 0 Å². The molecule has 0 aliphatic rings. The molecule has 0 saturated heterocycles. The average molecular weight is 434 g/mol. The smallest absolute Gasteiger partial charge is 0.338 e. The molecule has 8 heteroatoms. The number of esters is 2. The summed E-state index contributed by atoms with van der Waals surface area (Å²) in [5.41, 5.74) is 0.884. The fraction of sp³-hybridized carbons (Fsp3) is 0.261. The number of halogens is 2. The van der Waals surface area contributed by atoms with E-state index in [1.54, 1.807) is 32.1 Å². The summed E-state index contributed by atoms with van der Waals surface area (Å²) in [5, 5.41) is 8.50. The molecule has 6 nitrogen and oxygen atoms in total. The fourth-order valence-electron chi connectivity index (χ4n) is 2.40. The van der Waals surface area contributed by atoms with E-state index in [9.17, 15) is 23.2 Å². The minimum atomic E-state index is -1.12. The summed E-state index contributed by atoms with van der Waals surface area (Å²) in [4.78, 5) is 32.9. The molecule has 0 spiro atoms. The van der Waals surface area contributed by atoms with Crippen molar-refractivity contribution >= 4 is 17.9 Å². The highest BCUT2D eigenvalue weighted by molar-refractivity contribution is 5.90. The molecule has 0 saturated carbocycles. The van der Waals surface area contributed by atoms with E-state index in [0.717, 1.165) is 6.07 Å². The third-order valence-electron chi connectivity index (χ3n) is 3.83. The number of carboxylic acids is 1. The van der Waals surface area contributed by atoms with Crippen LogP contribution in [0.1, 0.15) is 45.7 Å². The van der Waals surface area contributed by atoms with E-state index < -0.39 is 36.0 Å². The Morgan fingerprint density at radius 2 is 1.35 bits per heavy atom. The van der Waals surface area contributed by atoms with Crippen molar-refractivity contribution in [2.45, 2.75) is 26.7 Å². The molecule has 1 N–H and O–H groups in total. The number of rotatable bonds is 8. The summed E-state index contributed by atoms with van der Waals surface area (Å²) in [6.45, 7) is 7.37. The van der Waals surface area contributed by atoms with Crippen molar-refractivity contribution in [1.29, 1.82) is 0 Å². The minimum Gasteiger partial charge on any atom is -0.481 e. The van der Waals surface area contributed by atoms with Gasteiger partial charge in [-0.3, -0.25) is 4.79 Å². The van der Waals surface area contributed by atoms with Gasteiger partial charge in [-0.2, -0.15) is 0 Å². The molecule has 2 aromatic rings. The van der Waals surface area contributed by atoms with Crippen LogP contribution in [-0.2, 0) is 27.1 Å². The number of carboxylic acid groups (broad SMARTS) is 1. The van der Waals surface area contributed by atoms with Gasteiger partial charge >= 0.3 is 17.9 Å². The Morgan fingerprint density at radius 3 is 1.71 bits per heavy atom. The number of carbonyl (C=O) groups excluding carboxylic acids is 2. The molecule has 0 aromatic heterocycles. The molecular formula is C23H24F2O6. The Bertz CT molecular complexity index is 940. The van der Waals surface area contributed by atoms with Crippen LogP contribution in [0.4, 0.5) is 8.78 Å². The van der Waals surface area contributed by atoms with E-state index in [0.29, 0.717) is 12.0 Å². The van der Waals surface area contributed by atoms with E-state index in [1.807, 2.05) is 0 Å². The lowest BCUT2D eigenvalue weighted by Gasteiger charge is -2.04. The topological polar surface area (TPSA) is 89.9 Å². The summed E-state index contributed by atoms with van der Waals surface area (Å²) in [7, 11) is 0. The Kier molecular flexibility index (Phi) is 10.6. The second kappa shape index (κ2) is 12.9. The first kappa shape index (κ1) is 25.5. The van der Waals surface area contributed by atoms with Crippen LogP contribution in [0.15, 0.2) is 49.1 Å². The van der Waals surface area contributed by atoms with Crippen molar-refractivity contribution in [3.63, 3.8) is 0 Å². The second-order valence-electron chi connectivity index (χ2n) is 6.12. The number of ether oxygens (including phenoxy) is 2. The zero-order valence-corrected chi connectivity index (χ0v) is 17.3. The van der Waals surface area contributed by atoms with Gasteiger partial charge < -0.3 is 14.6 Å². The summed E-state index contributed by atoms with van der Waals surface area (Å²) in [6, 6.07) is 7.92. The van der Waals surface area contributed by atoms with E-state index in [-0.39, 0.29) is 29.9 Å². The summed E-state index contributed by atoms with van der Waals surface area (Å²) in [5.74, 6) is -3.36. The quantitative estimate of drug-likeness (QED) is 0.491. The molecular weight excluding hydrogens is 410 g/mol. The molecule has 2 aromatic carbocycles. The number of benzene rings is 2. The maximum Gasteiger partial charge on any atom is 0.338 e. The molecule has 0 aliphatic carbocycles. The Balaban J connectivity index is 0.000000311. The van der Waals surface area contributed by atoms with Crippen molar-refractivity contribution in [2.24, 2.45) is 0 Å². The van der Waals surface area contributed by atoms with Gasteiger partial charge in [-0.25, -0.2) is 18.4 Å². The molecule has 0 fully saturated rings. The first-order valence-corrected chi connectivity index (χ1v) is 9.47. The normalized spacial score (nSPS) is 9.81. The van der Waals surface area contributed by atoms with Gasteiger partial charge in [0, 0.05) is 0 Å². The predicted octanol–water partition coefficient (Wildman–Crippen LogP) is 4.36. The minimum absolute atomic E-state index is 0.0422. The molecule has 0 heterocycles. The molecule has 31 heavy (non-hydrogen) atoms. The largest absolute Gasteiger partial charge is 0.481 e. The fourth-order valence-corrected chi connectivity index (χ4v) is 2.40. The summed E-state index contributed by atoms with van der Waals surface area (Å²) in [6.07, 6.45) is 1.66. The van der Waals surface area contributed by atoms with Crippen LogP contribution in [0, 0.1) is 11.6 Å². The Hall–Kier alpha value is -3.55. The van der Waals surface area contributed by atoms with Gasteiger partial charge in [-0.1, -0.05) is 18.2 Å². The second-order valence-corrected chi connectivity index (χ2v) is 6.12. The first-order valence-electron chi connectivity index (χ1n) is 9.47. The van der Waals surface area contributed by atoms with Crippen LogP contribution >= 0.6 is 0 Å². The van der Waals surface area contributed by atoms with Gasteiger partial charge in [-0.05, 0) is 55.7 Å². The number of allylic oxidation sites excluding steroid dienone is 1. The van der Waals surface area contributed by atoms with Crippen molar-refractivity contribution in [3.8, 4) is 0 Å².